The Morgan fingerprint density at radius 2 is 1.68 bits per heavy atom. The second-order valence-electron chi connectivity index (χ2n) is 8.44. The third-order valence-electron chi connectivity index (χ3n) is 6.25. The largest absolute Gasteiger partial charge is 0.416 e. The lowest BCUT2D eigenvalue weighted by Crippen LogP contribution is -2.47. The number of halogens is 3. The van der Waals surface area contributed by atoms with E-state index in [4.69, 9.17) is 4.74 Å². The minimum Gasteiger partial charge on any atom is -0.381 e. The summed E-state index contributed by atoms with van der Waals surface area (Å²) in [6.07, 6.45) is -2.14. The summed E-state index contributed by atoms with van der Waals surface area (Å²) in [5.41, 5.74) is 0.212. The molecule has 0 radical (unpaired) electrons. The van der Waals surface area contributed by atoms with E-state index < -0.39 is 17.2 Å². The van der Waals surface area contributed by atoms with E-state index in [2.05, 4.69) is 5.32 Å². The van der Waals surface area contributed by atoms with Crippen LogP contribution in [0.3, 0.4) is 0 Å². The van der Waals surface area contributed by atoms with Crippen molar-refractivity contribution in [1.82, 2.24) is 9.88 Å². The standard InChI is InChI=1S/C26H25F3N2O3/c27-26(28,29)22-5-3-4-21(16-22)25(11-14-34-15-12-25)24(33)30-17-19-7-9-20(10-8-19)18-31-13-2-1-6-23(31)32/h1-10,13,16H,11-12,14-15,17-18H2,(H,30,33). The predicted molar refractivity (Wildman–Crippen MR) is 121 cm³/mol. The summed E-state index contributed by atoms with van der Waals surface area (Å²) in [6, 6.07) is 17.5. The van der Waals surface area contributed by atoms with Crippen LogP contribution in [0.2, 0.25) is 0 Å². The first kappa shape index (κ1) is 23.8. The molecule has 0 unspecified atom stereocenters. The van der Waals surface area contributed by atoms with Gasteiger partial charge < -0.3 is 14.6 Å². The number of hydrogen-bond donors (Lipinski definition) is 1. The molecule has 1 fully saturated rings. The maximum Gasteiger partial charge on any atom is 0.416 e. The van der Waals surface area contributed by atoms with E-state index in [0.717, 1.165) is 23.3 Å². The lowest BCUT2D eigenvalue weighted by atomic mass is 9.73. The van der Waals surface area contributed by atoms with E-state index in [1.54, 1.807) is 29.0 Å². The van der Waals surface area contributed by atoms with Gasteiger partial charge in [0.25, 0.3) is 5.56 Å². The molecule has 1 aliphatic heterocycles. The fourth-order valence-electron chi connectivity index (χ4n) is 4.26. The van der Waals surface area contributed by atoms with Crippen molar-refractivity contribution >= 4 is 5.91 Å². The van der Waals surface area contributed by atoms with Crippen molar-refractivity contribution in [2.24, 2.45) is 0 Å². The first-order valence-electron chi connectivity index (χ1n) is 11.0. The Morgan fingerprint density at radius 3 is 2.35 bits per heavy atom. The fraction of sp³-hybridized carbons (Fsp3) is 0.308. The van der Waals surface area contributed by atoms with Crippen molar-refractivity contribution in [1.29, 1.82) is 0 Å². The Labute approximate surface area is 195 Å². The molecule has 1 amide bonds. The summed E-state index contributed by atoms with van der Waals surface area (Å²) < 4.78 is 46.8. The Bertz CT molecular complexity index is 1200. The van der Waals surface area contributed by atoms with Gasteiger partial charge in [0, 0.05) is 32.0 Å². The SMILES string of the molecule is O=C(NCc1ccc(Cn2ccccc2=O)cc1)C1(c2cccc(C(F)(F)F)c2)CCOCC1. The van der Waals surface area contributed by atoms with Gasteiger partial charge >= 0.3 is 6.18 Å². The molecule has 2 aromatic carbocycles. The van der Waals surface area contributed by atoms with Gasteiger partial charge in [0.05, 0.1) is 17.5 Å². The highest BCUT2D eigenvalue weighted by molar-refractivity contribution is 5.88. The first-order chi connectivity index (χ1) is 16.3. The lowest BCUT2D eigenvalue weighted by molar-refractivity contribution is -0.138. The highest BCUT2D eigenvalue weighted by Crippen LogP contribution is 2.38. The van der Waals surface area contributed by atoms with Gasteiger partial charge in [-0.25, -0.2) is 0 Å². The molecule has 0 aliphatic carbocycles. The third-order valence-corrected chi connectivity index (χ3v) is 6.25. The normalized spacial score (nSPS) is 15.6. The van der Waals surface area contributed by atoms with Crippen LogP contribution in [0.1, 0.15) is 35.1 Å². The summed E-state index contributed by atoms with van der Waals surface area (Å²) in [4.78, 5) is 25.2. The fourth-order valence-corrected chi connectivity index (χ4v) is 4.26. The third kappa shape index (κ3) is 5.22. The van der Waals surface area contributed by atoms with Crippen molar-refractivity contribution in [2.45, 2.75) is 37.5 Å². The maximum absolute atomic E-state index is 13.3. The smallest absolute Gasteiger partial charge is 0.381 e. The van der Waals surface area contributed by atoms with Crippen molar-refractivity contribution in [3.8, 4) is 0 Å². The Morgan fingerprint density at radius 1 is 0.971 bits per heavy atom. The number of nitrogens with one attached hydrogen (secondary N) is 1. The molecule has 3 aromatic rings. The summed E-state index contributed by atoms with van der Waals surface area (Å²) >= 11 is 0. The molecule has 0 atom stereocenters. The molecule has 1 N–H and O–H groups in total. The molecular formula is C26H25F3N2O3. The maximum atomic E-state index is 13.3. The second-order valence-corrected chi connectivity index (χ2v) is 8.44. The van der Waals surface area contributed by atoms with Crippen molar-refractivity contribution in [3.05, 3.63) is 106 Å². The van der Waals surface area contributed by atoms with Gasteiger partial charge in [0.2, 0.25) is 5.91 Å². The van der Waals surface area contributed by atoms with Gasteiger partial charge in [-0.1, -0.05) is 48.5 Å². The lowest BCUT2D eigenvalue weighted by Gasteiger charge is -2.36. The number of amides is 1. The van der Waals surface area contributed by atoms with Crippen LogP contribution < -0.4 is 10.9 Å². The topological polar surface area (TPSA) is 60.3 Å². The number of carbonyl (C=O) groups is 1. The molecule has 5 nitrogen and oxygen atoms in total. The quantitative estimate of drug-likeness (QED) is 0.585. The molecule has 34 heavy (non-hydrogen) atoms. The highest BCUT2D eigenvalue weighted by atomic mass is 19.4. The van der Waals surface area contributed by atoms with Crippen LogP contribution in [0, 0.1) is 0 Å². The Kier molecular flexibility index (Phi) is 6.88. The second kappa shape index (κ2) is 9.85. The minimum atomic E-state index is -4.48. The van der Waals surface area contributed by atoms with E-state index in [1.807, 2.05) is 24.3 Å². The van der Waals surface area contributed by atoms with Crippen LogP contribution in [0.25, 0.3) is 0 Å². The zero-order chi connectivity index (χ0) is 24.2. The monoisotopic (exact) mass is 470 g/mol. The van der Waals surface area contributed by atoms with Gasteiger partial charge in [-0.2, -0.15) is 13.2 Å². The number of ether oxygens (including phenoxy) is 1. The number of aromatic nitrogens is 1. The number of benzene rings is 2. The van der Waals surface area contributed by atoms with Crippen LogP contribution in [0.5, 0.6) is 0 Å². The average molecular weight is 470 g/mol. The van der Waals surface area contributed by atoms with Crippen LogP contribution in [-0.2, 0) is 34.2 Å². The van der Waals surface area contributed by atoms with Crippen LogP contribution >= 0.6 is 0 Å². The molecular weight excluding hydrogens is 445 g/mol. The highest BCUT2D eigenvalue weighted by Gasteiger charge is 2.43. The number of rotatable bonds is 6. The zero-order valence-electron chi connectivity index (χ0n) is 18.5. The number of pyridine rings is 1. The molecule has 0 bridgehead atoms. The van der Waals surface area contributed by atoms with Crippen LogP contribution in [-0.4, -0.2) is 23.7 Å². The summed E-state index contributed by atoms with van der Waals surface area (Å²) in [7, 11) is 0. The van der Waals surface area contributed by atoms with E-state index in [1.165, 1.54) is 12.1 Å². The van der Waals surface area contributed by atoms with Gasteiger partial charge in [-0.3, -0.25) is 9.59 Å². The molecule has 1 saturated heterocycles. The molecule has 8 heteroatoms. The number of hydrogen-bond acceptors (Lipinski definition) is 3. The molecule has 0 spiro atoms. The van der Waals surface area contributed by atoms with Crippen molar-refractivity contribution in [2.75, 3.05) is 13.2 Å². The summed E-state index contributed by atoms with van der Waals surface area (Å²) in [6.45, 7) is 1.28. The molecule has 4 rings (SSSR count). The molecule has 2 heterocycles. The molecule has 1 aromatic heterocycles. The van der Waals surface area contributed by atoms with Crippen LogP contribution in [0.15, 0.2) is 77.7 Å². The van der Waals surface area contributed by atoms with Gasteiger partial charge in [-0.05, 0) is 41.7 Å². The number of carbonyl (C=O) groups excluding carboxylic acids is 1. The van der Waals surface area contributed by atoms with Crippen LogP contribution in [0.4, 0.5) is 13.2 Å². The molecule has 1 aliphatic rings. The van der Waals surface area contributed by atoms with Crippen molar-refractivity contribution in [3.63, 3.8) is 0 Å². The summed E-state index contributed by atoms with van der Waals surface area (Å²) in [5.74, 6) is -0.310. The van der Waals surface area contributed by atoms with Gasteiger partial charge in [-0.15, -0.1) is 0 Å². The zero-order valence-corrected chi connectivity index (χ0v) is 18.5. The predicted octanol–water partition coefficient (Wildman–Crippen LogP) is 4.28. The Hall–Kier alpha value is -3.39. The Balaban J connectivity index is 1.48. The van der Waals surface area contributed by atoms with Gasteiger partial charge in [0.15, 0.2) is 0 Å². The van der Waals surface area contributed by atoms with E-state index in [-0.39, 0.29) is 18.0 Å². The molecule has 178 valence electrons. The summed E-state index contributed by atoms with van der Waals surface area (Å²) in [5, 5.41) is 2.91. The van der Waals surface area contributed by atoms with Gasteiger partial charge in [0.1, 0.15) is 0 Å². The first-order valence-corrected chi connectivity index (χ1v) is 11.0. The number of nitrogens with zero attached hydrogens (tertiary/aromatic N) is 1. The van der Waals surface area contributed by atoms with E-state index in [0.29, 0.717) is 38.2 Å². The minimum absolute atomic E-state index is 0.0878. The van der Waals surface area contributed by atoms with E-state index in [9.17, 15) is 22.8 Å². The number of alkyl halides is 3. The average Bonchev–Trinajstić information content (AvgIpc) is 2.85. The van der Waals surface area contributed by atoms with Crippen molar-refractivity contribution < 1.29 is 22.7 Å². The molecule has 0 saturated carbocycles. The van der Waals surface area contributed by atoms with E-state index >= 15 is 0 Å².